The zero-order valence-corrected chi connectivity index (χ0v) is 20.4. The van der Waals surface area contributed by atoms with Gasteiger partial charge >= 0.3 is 0 Å². The van der Waals surface area contributed by atoms with Gasteiger partial charge in [-0.25, -0.2) is 4.68 Å². The van der Waals surface area contributed by atoms with E-state index < -0.39 is 11.0 Å². The summed E-state index contributed by atoms with van der Waals surface area (Å²) in [6, 6.07) is 0.0818. The second-order valence-corrected chi connectivity index (χ2v) is 11.3. The monoisotopic (exact) mass is 458 g/mol. The van der Waals surface area contributed by atoms with Crippen LogP contribution in [0.25, 0.3) is 6.20 Å². The second-order valence-electron chi connectivity index (χ2n) is 11.3. The zero-order chi connectivity index (χ0) is 24.0. The quantitative estimate of drug-likeness (QED) is 0.556. The molecule has 1 aromatic heterocycles. The van der Waals surface area contributed by atoms with E-state index in [0.29, 0.717) is 35.8 Å². The van der Waals surface area contributed by atoms with Gasteiger partial charge < -0.3 is 20.5 Å². The van der Waals surface area contributed by atoms with Gasteiger partial charge in [0.25, 0.3) is 5.91 Å². The molecule has 0 saturated heterocycles. The number of carbonyl (C=O) groups excluding carboxylic acids is 2. The molecule has 4 aliphatic carbocycles. The minimum atomic E-state index is -0.737. The first-order valence-corrected chi connectivity index (χ1v) is 12.2. The Morgan fingerprint density at radius 3 is 2.55 bits per heavy atom. The third kappa shape index (κ3) is 4.81. The van der Waals surface area contributed by atoms with Crippen LogP contribution in [0.2, 0.25) is 0 Å². The highest BCUT2D eigenvalue weighted by molar-refractivity contribution is 5.96. The first-order valence-electron chi connectivity index (χ1n) is 12.2. The normalized spacial score (nSPS) is 30.8. The van der Waals surface area contributed by atoms with E-state index in [9.17, 15) is 14.7 Å². The maximum Gasteiger partial charge on any atom is 0.258 e. The lowest BCUT2D eigenvalue weighted by Crippen LogP contribution is -2.61. The number of carbonyl (C=O) groups is 2. The van der Waals surface area contributed by atoms with Crippen LogP contribution in [-0.2, 0) is 4.79 Å². The van der Waals surface area contributed by atoms with Crippen molar-refractivity contribution in [3.05, 3.63) is 17.8 Å². The van der Waals surface area contributed by atoms with Crippen LogP contribution in [0.5, 0.6) is 5.88 Å². The number of ether oxygens (including phenoxy) is 1. The molecule has 4 fully saturated rings. The van der Waals surface area contributed by atoms with Crippen molar-refractivity contribution in [2.24, 2.45) is 29.1 Å². The first-order chi connectivity index (χ1) is 15.5. The molecule has 5 rings (SSSR count). The Kier molecular flexibility index (Phi) is 6.33. The van der Waals surface area contributed by atoms with E-state index in [1.165, 1.54) is 10.9 Å². The highest BCUT2D eigenvalue weighted by Gasteiger charge is 2.55. The summed E-state index contributed by atoms with van der Waals surface area (Å²) in [6.07, 6.45) is 9.59. The largest absolute Gasteiger partial charge is 0.477 e. The lowest BCUT2D eigenvalue weighted by molar-refractivity contribution is -0.137. The van der Waals surface area contributed by atoms with E-state index in [2.05, 4.69) is 15.7 Å². The van der Waals surface area contributed by atoms with Gasteiger partial charge in [0.2, 0.25) is 11.8 Å². The molecule has 1 aromatic rings. The molecule has 4 aliphatic rings. The van der Waals surface area contributed by atoms with Gasteiger partial charge in [0, 0.05) is 19.3 Å². The van der Waals surface area contributed by atoms with Crippen LogP contribution in [0.4, 0.5) is 0 Å². The fraction of sp³-hybridized carbons (Fsp3) is 0.720. The van der Waals surface area contributed by atoms with Gasteiger partial charge in [0.1, 0.15) is 5.56 Å². The standard InChI is InChI=1S/C25H38N4O4/c1-15(2)14-33-22-19(13-27-29(22)7-6-24(3,4)23(31)26-5)21(30)28-20-17-8-16-9-18(20)12-25(32,10-16)11-17/h6-7,13,15-18,20,32H,8-12,14H2,1-5H3,(H,26,31)(H,28,30)/b7-6+/t16?,17?,18?,20-,25-. The second kappa shape index (κ2) is 8.78. The predicted molar refractivity (Wildman–Crippen MR) is 125 cm³/mol. The molecule has 33 heavy (non-hydrogen) atoms. The molecule has 2 amide bonds. The molecular formula is C25H38N4O4. The molecule has 8 heteroatoms. The van der Waals surface area contributed by atoms with E-state index in [1.807, 2.05) is 27.7 Å². The molecule has 0 aliphatic heterocycles. The summed E-state index contributed by atoms with van der Waals surface area (Å²) in [5.74, 6) is 1.60. The van der Waals surface area contributed by atoms with Crippen LogP contribution in [0, 0.1) is 29.1 Å². The zero-order valence-electron chi connectivity index (χ0n) is 20.4. The van der Waals surface area contributed by atoms with Crippen molar-refractivity contribution in [3.8, 4) is 5.88 Å². The number of nitrogens with zero attached hydrogens (tertiary/aromatic N) is 2. The third-order valence-corrected chi connectivity index (χ3v) is 7.53. The van der Waals surface area contributed by atoms with Crippen LogP contribution >= 0.6 is 0 Å². The van der Waals surface area contributed by atoms with E-state index in [1.54, 1.807) is 19.3 Å². The highest BCUT2D eigenvalue weighted by Crippen LogP contribution is 2.55. The molecule has 2 unspecified atom stereocenters. The predicted octanol–water partition coefficient (Wildman–Crippen LogP) is 2.83. The Balaban J connectivity index is 1.54. The number of hydrogen-bond acceptors (Lipinski definition) is 5. The summed E-state index contributed by atoms with van der Waals surface area (Å²) < 4.78 is 7.54. The van der Waals surface area contributed by atoms with Crippen molar-refractivity contribution in [1.82, 2.24) is 20.4 Å². The summed E-state index contributed by atoms with van der Waals surface area (Å²) in [5.41, 5.74) is -0.874. The summed E-state index contributed by atoms with van der Waals surface area (Å²) >= 11 is 0. The van der Waals surface area contributed by atoms with Gasteiger partial charge in [-0.05, 0) is 69.6 Å². The molecule has 1 heterocycles. The Labute approximate surface area is 196 Å². The third-order valence-electron chi connectivity index (χ3n) is 7.53. The number of amides is 2. The van der Waals surface area contributed by atoms with E-state index in [-0.39, 0.29) is 23.8 Å². The van der Waals surface area contributed by atoms with Gasteiger partial charge in [0.05, 0.1) is 23.8 Å². The highest BCUT2D eigenvalue weighted by atomic mass is 16.5. The Morgan fingerprint density at radius 2 is 1.97 bits per heavy atom. The van der Waals surface area contributed by atoms with Crippen LogP contribution in [0.3, 0.4) is 0 Å². The van der Waals surface area contributed by atoms with Gasteiger partial charge in [-0.15, -0.1) is 0 Å². The maximum atomic E-state index is 13.4. The lowest BCUT2D eigenvalue weighted by Gasteiger charge is -2.58. The summed E-state index contributed by atoms with van der Waals surface area (Å²) in [5, 5.41) is 21.1. The maximum absolute atomic E-state index is 13.4. The number of hydrogen-bond donors (Lipinski definition) is 3. The van der Waals surface area contributed by atoms with Crippen LogP contribution in [0.15, 0.2) is 12.3 Å². The molecule has 0 aromatic carbocycles. The number of nitrogens with one attached hydrogen (secondary N) is 2. The SMILES string of the molecule is CNC(=O)C(C)(C)/C=C/n1ncc(C(=O)N[C@H]2C3CC4CC2C[C@](O)(C4)C3)c1OCC(C)C. The summed E-state index contributed by atoms with van der Waals surface area (Å²) in [6.45, 7) is 8.17. The van der Waals surface area contributed by atoms with Crippen molar-refractivity contribution in [1.29, 1.82) is 0 Å². The van der Waals surface area contributed by atoms with Gasteiger partial charge in [0.15, 0.2) is 0 Å². The summed E-state index contributed by atoms with van der Waals surface area (Å²) in [4.78, 5) is 25.5. The smallest absolute Gasteiger partial charge is 0.258 e. The van der Waals surface area contributed by atoms with Crippen LogP contribution in [-0.4, -0.2) is 52.0 Å². The lowest BCUT2D eigenvalue weighted by atomic mass is 9.52. The van der Waals surface area contributed by atoms with Crippen molar-refractivity contribution >= 4 is 18.0 Å². The van der Waals surface area contributed by atoms with E-state index >= 15 is 0 Å². The number of aliphatic hydroxyl groups is 1. The molecule has 2 atom stereocenters. The fourth-order valence-corrected chi connectivity index (χ4v) is 6.10. The number of rotatable bonds is 8. The Bertz CT molecular complexity index is 919. The minimum absolute atomic E-state index is 0.0818. The molecule has 8 nitrogen and oxygen atoms in total. The molecular weight excluding hydrogens is 420 g/mol. The molecule has 4 saturated carbocycles. The van der Waals surface area contributed by atoms with E-state index in [0.717, 1.165) is 32.1 Å². The van der Waals surface area contributed by atoms with Gasteiger partial charge in [-0.1, -0.05) is 19.9 Å². The van der Waals surface area contributed by atoms with Gasteiger partial charge in [-0.2, -0.15) is 5.10 Å². The van der Waals surface area contributed by atoms with Crippen molar-refractivity contribution in [2.75, 3.05) is 13.7 Å². The molecule has 0 spiro atoms. The Hall–Kier alpha value is -2.35. The summed E-state index contributed by atoms with van der Waals surface area (Å²) in [7, 11) is 1.61. The fourth-order valence-electron chi connectivity index (χ4n) is 6.10. The topological polar surface area (TPSA) is 105 Å². The molecule has 4 bridgehead atoms. The first kappa shape index (κ1) is 23.8. The van der Waals surface area contributed by atoms with E-state index in [4.69, 9.17) is 4.74 Å². The number of aromatic nitrogens is 2. The van der Waals surface area contributed by atoms with Crippen molar-refractivity contribution in [3.63, 3.8) is 0 Å². The van der Waals surface area contributed by atoms with Crippen LogP contribution in [0.1, 0.15) is 70.2 Å². The minimum Gasteiger partial charge on any atom is -0.477 e. The molecule has 0 radical (unpaired) electrons. The van der Waals surface area contributed by atoms with Crippen molar-refractivity contribution in [2.45, 2.75) is 71.4 Å². The van der Waals surface area contributed by atoms with Crippen molar-refractivity contribution < 1.29 is 19.4 Å². The van der Waals surface area contributed by atoms with Crippen LogP contribution < -0.4 is 15.4 Å². The average Bonchev–Trinajstić information content (AvgIpc) is 3.14. The Morgan fingerprint density at radius 1 is 1.30 bits per heavy atom. The molecule has 3 N–H and O–H groups in total. The molecule has 182 valence electrons. The average molecular weight is 459 g/mol. The van der Waals surface area contributed by atoms with Gasteiger partial charge in [-0.3, -0.25) is 9.59 Å².